The second-order valence-corrected chi connectivity index (χ2v) is 3.43. The first-order chi connectivity index (χ1) is 7.31. The smallest absolute Gasteiger partial charge is 0.321 e. The largest absolute Gasteiger partial charge is 0.385 e. The maximum Gasteiger partial charge on any atom is 0.321 e. The number of carbonyl (C=O) groups excluding carboxylic acids is 1. The van der Waals surface area contributed by atoms with Gasteiger partial charge in [-0.2, -0.15) is 0 Å². The highest BCUT2D eigenvalue weighted by atomic mass is 16.5. The van der Waals surface area contributed by atoms with Crippen LogP contribution in [0.1, 0.15) is 44.9 Å². The van der Waals surface area contributed by atoms with E-state index in [1.54, 1.807) is 7.11 Å². The van der Waals surface area contributed by atoms with Gasteiger partial charge in [-0.1, -0.05) is 25.7 Å². The van der Waals surface area contributed by atoms with E-state index in [0.29, 0.717) is 6.42 Å². The van der Waals surface area contributed by atoms with Crippen molar-refractivity contribution in [2.75, 3.05) is 13.7 Å². The van der Waals surface area contributed by atoms with Gasteiger partial charge >= 0.3 is 5.97 Å². The Balaban J connectivity index is 3.05. The lowest BCUT2D eigenvalue weighted by Crippen LogP contribution is -1.98. The first kappa shape index (κ1) is 13.9. The molecule has 4 heteroatoms. The van der Waals surface area contributed by atoms with Crippen LogP contribution in [-0.4, -0.2) is 19.7 Å². The minimum Gasteiger partial charge on any atom is -0.385 e. The van der Waals surface area contributed by atoms with E-state index in [1.807, 2.05) is 0 Å². The second-order valence-electron chi connectivity index (χ2n) is 3.43. The summed E-state index contributed by atoms with van der Waals surface area (Å²) in [6.45, 7) is 0.828. The zero-order valence-electron chi connectivity index (χ0n) is 9.33. The molecule has 0 bridgehead atoms. The third-order valence-electron chi connectivity index (χ3n) is 2.14. The number of nitrogens with zero attached hydrogens (tertiary/aromatic N) is 1. The number of nitriles is 1. The molecule has 0 aliphatic rings. The molecule has 0 spiro atoms. The number of ether oxygens (including phenoxy) is 2. The van der Waals surface area contributed by atoms with E-state index >= 15 is 0 Å². The lowest BCUT2D eigenvalue weighted by atomic mass is 10.1. The number of rotatable bonds is 9. The van der Waals surface area contributed by atoms with Crippen molar-refractivity contribution in [3.63, 3.8) is 0 Å². The average molecular weight is 213 g/mol. The van der Waals surface area contributed by atoms with Gasteiger partial charge in [-0.05, 0) is 12.8 Å². The Morgan fingerprint density at radius 2 is 1.73 bits per heavy atom. The van der Waals surface area contributed by atoms with E-state index in [0.717, 1.165) is 32.3 Å². The van der Waals surface area contributed by atoms with Crippen LogP contribution in [-0.2, 0) is 14.3 Å². The maximum absolute atomic E-state index is 10.8. The van der Waals surface area contributed by atoms with Crippen molar-refractivity contribution in [2.45, 2.75) is 44.9 Å². The normalized spacial score (nSPS) is 9.60. The molecule has 0 amide bonds. The summed E-state index contributed by atoms with van der Waals surface area (Å²) >= 11 is 0. The number of esters is 1. The number of hydrogen-bond donors (Lipinski definition) is 0. The monoisotopic (exact) mass is 213 g/mol. The van der Waals surface area contributed by atoms with Crippen molar-refractivity contribution in [2.24, 2.45) is 0 Å². The molecule has 0 saturated heterocycles. The Hall–Kier alpha value is -1.08. The summed E-state index contributed by atoms with van der Waals surface area (Å²) < 4.78 is 9.09. The molecule has 0 aromatic carbocycles. The molecule has 0 rings (SSSR count). The van der Waals surface area contributed by atoms with E-state index in [4.69, 9.17) is 10.00 Å². The molecular formula is C11H19NO3. The van der Waals surface area contributed by atoms with Crippen LogP contribution in [0.3, 0.4) is 0 Å². The summed E-state index contributed by atoms with van der Waals surface area (Å²) in [5.74, 6) is -0.420. The summed E-state index contributed by atoms with van der Waals surface area (Å²) in [4.78, 5) is 10.8. The van der Waals surface area contributed by atoms with Crippen LogP contribution in [0.2, 0.25) is 0 Å². The Bertz CT molecular complexity index is 198. The van der Waals surface area contributed by atoms with E-state index in [-0.39, 0.29) is 0 Å². The van der Waals surface area contributed by atoms with Gasteiger partial charge in [-0.3, -0.25) is 4.79 Å². The fourth-order valence-electron chi connectivity index (χ4n) is 1.32. The Labute approximate surface area is 91.2 Å². The number of carbonyl (C=O) groups is 1. The van der Waals surface area contributed by atoms with Crippen LogP contribution >= 0.6 is 0 Å². The zero-order valence-corrected chi connectivity index (χ0v) is 9.33. The maximum atomic E-state index is 10.8. The van der Waals surface area contributed by atoms with E-state index in [9.17, 15) is 4.79 Å². The lowest BCUT2D eigenvalue weighted by Gasteiger charge is -2.00. The summed E-state index contributed by atoms with van der Waals surface area (Å²) in [6.07, 6.45) is 8.15. The van der Waals surface area contributed by atoms with Crippen molar-refractivity contribution in [3.05, 3.63) is 0 Å². The first-order valence-corrected chi connectivity index (χ1v) is 5.39. The van der Waals surface area contributed by atoms with Crippen LogP contribution < -0.4 is 0 Å². The Morgan fingerprint density at radius 1 is 1.13 bits per heavy atom. The van der Waals surface area contributed by atoms with Crippen LogP contribution in [0.4, 0.5) is 0 Å². The van der Waals surface area contributed by atoms with Gasteiger partial charge in [0.05, 0.1) is 0 Å². The van der Waals surface area contributed by atoms with Crippen LogP contribution in [0.5, 0.6) is 0 Å². The van der Waals surface area contributed by atoms with Crippen molar-refractivity contribution >= 4 is 5.97 Å². The van der Waals surface area contributed by atoms with Crippen molar-refractivity contribution in [1.29, 1.82) is 5.26 Å². The minimum absolute atomic E-state index is 0.353. The van der Waals surface area contributed by atoms with Gasteiger partial charge in [0.15, 0.2) is 0 Å². The molecule has 0 N–H and O–H groups in total. The van der Waals surface area contributed by atoms with Crippen LogP contribution in [0, 0.1) is 11.5 Å². The minimum atomic E-state index is -0.420. The van der Waals surface area contributed by atoms with Crippen LogP contribution in [0.15, 0.2) is 0 Å². The number of methoxy groups -OCH3 is 1. The van der Waals surface area contributed by atoms with Crippen molar-refractivity contribution in [1.82, 2.24) is 0 Å². The summed E-state index contributed by atoms with van der Waals surface area (Å²) in [5.41, 5.74) is 0. The van der Waals surface area contributed by atoms with Gasteiger partial charge in [-0.25, -0.2) is 0 Å². The fraction of sp³-hybridized carbons (Fsp3) is 0.818. The summed E-state index contributed by atoms with van der Waals surface area (Å²) in [5, 5.41) is 8.05. The molecule has 0 heterocycles. The number of hydrogen-bond acceptors (Lipinski definition) is 4. The molecule has 0 saturated carbocycles. The van der Waals surface area contributed by atoms with Gasteiger partial charge in [-0.15, -0.1) is 5.26 Å². The summed E-state index contributed by atoms with van der Waals surface area (Å²) in [6, 6.07) is 0. The topological polar surface area (TPSA) is 59.3 Å². The zero-order chi connectivity index (χ0) is 11.4. The molecule has 15 heavy (non-hydrogen) atoms. The molecule has 0 aromatic rings. The van der Waals surface area contributed by atoms with E-state index in [1.165, 1.54) is 19.1 Å². The quantitative estimate of drug-likeness (QED) is 0.335. The third kappa shape index (κ3) is 10.8. The highest BCUT2D eigenvalue weighted by Gasteiger charge is 2.01. The fourth-order valence-corrected chi connectivity index (χ4v) is 1.32. The molecule has 86 valence electrons. The highest BCUT2D eigenvalue weighted by molar-refractivity contribution is 5.70. The van der Waals surface area contributed by atoms with Crippen molar-refractivity contribution in [3.8, 4) is 6.26 Å². The van der Waals surface area contributed by atoms with Crippen molar-refractivity contribution < 1.29 is 14.3 Å². The van der Waals surface area contributed by atoms with Gasteiger partial charge in [0.2, 0.25) is 0 Å². The molecule has 4 nitrogen and oxygen atoms in total. The Kier molecular flexibility index (Phi) is 10.2. The third-order valence-corrected chi connectivity index (χ3v) is 2.14. The second kappa shape index (κ2) is 11.0. The van der Waals surface area contributed by atoms with E-state index in [2.05, 4.69) is 4.74 Å². The molecule has 0 atom stereocenters. The first-order valence-electron chi connectivity index (χ1n) is 5.39. The average Bonchev–Trinajstić information content (AvgIpc) is 2.22. The molecule has 0 aliphatic carbocycles. The highest BCUT2D eigenvalue weighted by Crippen LogP contribution is 2.07. The predicted molar refractivity (Wildman–Crippen MR) is 55.9 cm³/mol. The number of unbranched alkanes of at least 4 members (excludes halogenated alkanes) is 5. The van der Waals surface area contributed by atoms with Crippen LogP contribution in [0.25, 0.3) is 0 Å². The lowest BCUT2D eigenvalue weighted by molar-refractivity contribution is -0.137. The molecule has 0 radical (unpaired) electrons. The van der Waals surface area contributed by atoms with Gasteiger partial charge in [0, 0.05) is 20.1 Å². The molecule has 0 aliphatic heterocycles. The molecule has 0 aromatic heterocycles. The summed E-state index contributed by atoms with van der Waals surface area (Å²) in [7, 11) is 1.71. The molecule has 0 unspecified atom stereocenters. The standard InChI is InChI=1S/C11H19NO3/c1-14-9-7-5-3-2-4-6-8-11(13)15-10-12/h2-9H2,1H3. The Morgan fingerprint density at radius 3 is 2.33 bits per heavy atom. The van der Waals surface area contributed by atoms with Gasteiger partial charge in [0.25, 0.3) is 6.26 Å². The van der Waals surface area contributed by atoms with Gasteiger partial charge in [0.1, 0.15) is 0 Å². The van der Waals surface area contributed by atoms with Gasteiger partial charge < -0.3 is 9.47 Å². The van der Waals surface area contributed by atoms with E-state index < -0.39 is 5.97 Å². The molecule has 0 fully saturated rings. The SMILES string of the molecule is COCCCCCCCCC(=O)OC#N. The molecular weight excluding hydrogens is 194 g/mol. The predicted octanol–water partition coefficient (Wildman–Crippen LogP) is 2.39.